The first-order chi connectivity index (χ1) is 15.9. The Hall–Kier alpha value is -4.27. The van der Waals surface area contributed by atoms with Crippen molar-refractivity contribution in [3.05, 3.63) is 102 Å². The van der Waals surface area contributed by atoms with Crippen molar-refractivity contribution < 1.29 is 9.21 Å². The number of amides is 1. The number of hydrogen-bond donors (Lipinski definition) is 2. The molecule has 0 atom stereocenters. The molecule has 9 heteroatoms. The summed E-state index contributed by atoms with van der Waals surface area (Å²) >= 11 is 0. The summed E-state index contributed by atoms with van der Waals surface area (Å²) < 4.78 is 5.25. The zero-order chi connectivity index (χ0) is 23.1. The van der Waals surface area contributed by atoms with Gasteiger partial charge in [0.25, 0.3) is 11.5 Å². The van der Waals surface area contributed by atoms with Gasteiger partial charge in [-0.25, -0.2) is 4.98 Å². The lowest BCUT2D eigenvalue weighted by molar-refractivity contribution is 0.0940. The van der Waals surface area contributed by atoms with Crippen molar-refractivity contribution in [2.45, 2.75) is 26.4 Å². The molecule has 2 aromatic heterocycles. The molecule has 2 N–H and O–H groups in total. The molecule has 0 spiro atoms. The molecule has 0 saturated heterocycles. The molecule has 166 valence electrons. The number of carbonyl (C=O) groups excluding carboxylic acids is 1. The Kier molecular flexibility index (Phi) is 5.01. The fraction of sp³-hybridized carbons (Fsp3) is 0.208. The van der Waals surface area contributed by atoms with Gasteiger partial charge in [0.2, 0.25) is 10.9 Å². The fourth-order valence-electron chi connectivity index (χ4n) is 4.17. The number of rotatable bonds is 5. The van der Waals surface area contributed by atoms with Gasteiger partial charge in [0.1, 0.15) is 5.69 Å². The average molecular weight is 444 g/mol. The highest BCUT2D eigenvalue weighted by Gasteiger charge is 2.26. The van der Waals surface area contributed by atoms with E-state index >= 15 is 0 Å². The standard InChI is InChI=1S/C24H20N4O5/c1-13-20(22(31)21(13)30)28-7-6-15-5-4-14(9-16(15)12-28)11-25-24(32)23-26-17(10-19(29)27-23)18-3-2-8-33-18/h2-5,8-10H,6-7,11-12H2,1H3,(H,25,32)(H,26,27,29). The topological polar surface area (TPSA) is 125 Å². The molecule has 1 aliphatic rings. The molecule has 0 radical (unpaired) electrons. The molecule has 2 aromatic carbocycles. The predicted molar refractivity (Wildman–Crippen MR) is 121 cm³/mol. The number of nitrogens with zero attached hydrogens (tertiary/aromatic N) is 2. The van der Waals surface area contributed by atoms with Crippen LogP contribution in [0.25, 0.3) is 11.5 Å². The minimum atomic E-state index is -0.515. The van der Waals surface area contributed by atoms with Crippen LogP contribution in [0.3, 0.4) is 0 Å². The molecule has 9 nitrogen and oxygen atoms in total. The van der Waals surface area contributed by atoms with Crippen molar-refractivity contribution in [2.75, 3.05) is 11.4 Å². The van der Waals surface area contributed by atoms with Gasteiger partial charge in [-0.3, -0.25) is 19.2 Å². The number of furan rings is 1. The Morgan fingerprint density at radius 2 is 2.00 bits per heavy atom. The molecule has 4 aromatic rings. The summed E-state index contributed by atoms with van der Waals surface area (Å²) in [6, 6.07) is 10.5. The van der Waals surface area contributed by atoms with Gasteiger partial charge in [0.05, 0.1) is 12.0 Å². The van der Waals surface area contributed by atoms with E-state index in [2.05, 4.69) is 15.3 Å². The van der Waals surface area contributed by atoms with Crippen LogP contribution >= 0.6 is 0 Å². The van der Waals surface area contributed by atoms with E-state index in [0.717, 1.165) is 17.5 Å². The van der Waals surface area contributed by atoms with E-state index in [1.807, 2.05) is 23.1 Å². The number of fused-ring (bicyclic) bond motifs is 1. The molecule has 5 rings (SSSR count). The van der Waals surface area contributed by atoms with E-state index in [1.165, 1.54) is 17.9 Å². The van der Waals surface area contributed by atoms with Crippen LogP contribution in [0.2, 0.25) is 0 Å². The van der Waals surface area contributed by atoms with Crippen LogP contribution in [-0.4, -0.2) is 22.4 Å². The minimum Gasteiger partial charge on any atom is -0.463 e. The zero-order valence-electron chi connectivity index (χ0n) is 17.8. The second kappa shape index (κ2) is 8.01. The SMILES string of the molecule is Cc1c(N2CCc3ccc(CNC(=O)c4nc(-c5ccco5)cc(=O)[nH]4)cc3C2)c(=O)c1=O. The lowest BCUT2D eigenvalue weighted by atomic mass is 9.95. The quantitative estimate of drug-likeness (QED) is 0.446. The van der Waals surface area contributed by atoms with E-state index in [0.29, 0.717) is 30.1 Å². The van der Waals surface area contributed by atoms with E-state index in [9.17, 15) is 19.2 Å². The Bertz CT molecular complexity index is 1490. The summed E-state index contributed by atoms with van der Waals surface area (Å²) in [4.78, 5) is 56.7. The predicted octanol–water partition coefficient (Wildman–Crippen LogP) is 1.43. The molecule has 3 heterocycles. The first kappa shape index (κ1) is 20.6. The second-order valence-electron chi connectivity index (χ2n) is 8.05. The smallest absolute Gasteiger partial charge is 0.287 e. The van der Waals surface area contributed by atoms with Gasteiger partial charge in [0.15, 0.2) is 11.6 Å². The van der Waals surface area contributed by atoms with Crippen molar-refractivity contribution in [3.8, 4) is 11.5 Å². The van der Waals surface area contributed by atoms with Crippen LogP contribution in [0.4, 0.5) is 5.69 Å². The van der Waals surface area contributed by atoms with Gasteiger partial charge in [-0.05, 0) is 42.2 Å². The number of anilines is 1. The molecule has 1 aliphatic heterocycles. The normalized spacial score (nSPS) is 13.2. The maximum Gasteiger partial charge on any atom is 0.287 e. The van der Waals surface area contributed by atoms with Gasteiger partial charge in [-0.2, -0.15) is 0 Å². The Balaban J connectivity index is 1.30. The van der Waals surface area contributed by atoms with E-state index in [1.54, 1.807) is 19.1 Å². The molecular weight excluding hydrogens is 424 g/mol. The lowest BCUT2D eigenvalue weighted by Crippen LogP contribution is -2.44. The van der Waals surface area contributed by atoms with Gasteiger partial charge in [-0.15, -0.1) is 0 Å². The molecule has 1 amide bonds. The second-order valence-corrected chi connectivity index (χ2v) is 8.05. The number of hydrogen-bond acceptors (Lipinski definition) is 7. The van der Waals surface area contributed by atoms with Gasteiger partial charge < -0.3 is 19.6 Å². The van der Waals surface area contributed by atoms with Crippen LogP contribution in [0, 0.1) is 6.92 Å². The number of aromatic nitrogens is 2. The Labute approximate surface area is 187 Å². The van der Waals surface area contributed by atoms with Crippen LogP contribution < -0.4 is 26.6 Å². The van der Waals surface area contributed by atoms with Crippen molar-refractivity contribution in [2.24, 2.45) is 0 Å². The minimum absolute atomic E-state index is 0.103. The maximum absolute atomic E-state index is 12.6. The van der Waals surface area contributed by atoms with E-state index < -0.39 is 22.3 Å². The van der Waals surface area contributed by atoms with Gasteiger partial charge in [-0.1, -0.05) is 18.2 Å². The van der Waals surface area contributed by atoms with Crippen molar-refractivity contribution in [3.63, 3.8) is 0 Å². The fourth-order valence-corrected chi connectivity index (χ4v) is 4.17. The highest BCUT2D eigenvalue weighted by atomic mass is 16.3. The number of benzene rings is 1. The number of H-pyrrole nitrogens is 1. The third-order valence-electron chi connectivity index (χ3n) is 5.90. The number of nitrogens with one attached hydrogen (secondary N) is 2. The van der Waals surface area contributed by atoms with Crippen LogP contribution in [0.1, 0.15) is 32.9 Å². The third kappa shape index (κ3) is 3.78. The molecule has 0 fully saturated rings. The summed E-state index contributed by atoms with van der Waals surface area (Å²) in [7, 11) is 0. The summed E-state index contributed by atoms with van der Waals surface area (Å²) in [5, 5.41) is 2.77. The summed E-state index contributed by atoms with van der Waals surface area (Å²) in [5.74, 6) is -0.223. The monoisotopic (exact) mass is 444 g/mol. The molecule has 0 aliphatic carbocycles. The highest BCUT2D eigenvalue weighted by Crippen LogP contribution is 2.25. The third-order valence-corrected chi connectivity index (χ3v) is 5.90. The Morgan fingerprint density at radius 1 is 1.15 bits per heavy atom. The molecule has 0 bridgehead atoms. The van der Waals surface area contributed by atoms with Gasteiger partial charge >= 0.3 is 0 Å². The van der Waals surface area contributed by atoms with Crippen molar-refractivity contribution in [1.82, 2.24) is 15.3 Å². The maximum atomic E-state index is 12.6. The first-order valence-corrected chi connectivity index (χ1v) is 10.5. The van der Waals surface area contributed by atoms with E-state index in [4.69, 9.17) is 4.42 Å². The average Bonchev–Trinajstić information content (AvgIpc) is 3.37. The Morgan fingerprint density at radius 3 is 2.76 bits per heavy atom. The van der Waals surface area contributed by atoms with E-state index in [-0.39, 0.29) is 18.1 Å². The molecular formula is C24H20N4O5. The molecule has 0 saturated carbocycles. The largest absolute Gasteiger partial charge is 0.463 e. The number of aromatic amines is 1. The summed E-state index contributed by atoms with van der Waals surface area (Å²) in [6.45, 7) is 3.13. The van der Waals surface area contributed by atoms with Crippen molar-refractivity contribution >= 4 is 11.6 Å². The lowest BCUT2D eigenvalue weighted by Gasteiger charge is -2.32. The highest BCUT2D eigenvalue weighted by molar-refractivity contribution is 5.90. The molecule has 33 heavy (non-hydrogen) atoms. The molecule has 0 unspecified atom stereocenters. The summed E-state index contributed by atoms with van der Waals surface area (Å²) in [6.07, 6.45) is 2.23. The van der Waals surface area contributed by atoms with Gasteiger partial charge in [0, 0.05) is 31.3 Å². The zero-order valence-corrected chi connectivity index (χ0v) is 17.8. The van der Waals surface area contributed by atoms with Crippen molar-refractivity contribution in [1.29, 1.82) is 0 Å². The van der Waals surface area contributed by atoms with Crippen LogP contribution in [0.15, 0.2) is 61.5 Å². The number of carbonyl (C=O) groups is 1. The first-order valence-electron chi connectivity index (χ1n) is 10.5. The summed E-state index contributed by atoms with van der Waals surface area (Å²) in [5.41, 5.74) is 3.12. The van der Waals surface area contributed by atoms with Crippen LogP contribution in [0.5, 0.6) is 0 Å². The van der Waals surface area contributed by atoms with Crippen LogP contribution in [-0.2, 0) is 19.5 Å².